The molecule has 1 N–H and O–H groups in total. The number of hydrogen-bond acceptors (Lipinski definition) is 2. The average Bonchev–Trinajstić information content (AvgIpc) is 2.38. The maximum atomic E-state index is 5.79. The van der Waals surface area contributed by atoms with Gasteiger partial charge in [-0.3, -0.25) is 0 Å². The molecular formula is C15H17ClN2. The van der Waals surface area contributed by atoms with Crippen molar-refractivity contribution in [2.45, 2.75) is 19.9 Å². The van der Waals surface area contributed by atoms with E-state index in [-0.39, 0.29) is 6.04 Å². The number of rotatable bonds is 4. The monoisotopic (exact) mass is 260 g/mol. The van der Waals surface area contributed by atoms with Crippen molar-refractivity contribution in [3.8, 4) is 0 Å². The first kappa shape index (κ1) is 12.9. The SMILES string of the molecule is CC(C)C(Nc1ccc(Cl)nc1)c1ccccc1. The molecular weight excluding hydrogens is 244 g/mol. The molecule has 0 saturated carbocycles. The fourth-order valence-electron chi connectivity index (χ4n) is 1.94. The molecule has 1 unspecified atom stereocenters. The van der Waals surface area contributed by atoms with E-state index in [9.17, 15) is 0 Å². The summed E-state index contributed by atoms with van der Waals surface area (Å²) in [6.07, 6.45) is 1.76. The summed E-state index contributed by atoms with van der Waals surface area (Å²) in [7, 11) is 0. The van der Waals surface area contributed by atoms with Gasteiger partial charge in [-0.1, -0.05) is 55.8 Å². The van der Waals surface area contributed by atoms with Crippen LogP contribution in [0.25, 0.3) is 0 Å². The maximum Gasteiger partial charge on any atom is 0.129 e. The van der Waals surface area contributed by atoms with Gasteiger partial charge in [0.05, 0.1) is 17.9 Å². The molecule has 2 rings (SSSR count). The van der Waals surface area contributed by atoms with Crippen LogP contribution in [0, 0.1) is 5.92 Å². The molecule has 18 heavy (non-hydrogen) atoms. The van der Waals surface area contributed by atoms with Crippen molar-refractivity contribution in [1.29, 1.82) is 0 Å². The number of benzene rings is 1. The van der Waals surface area contributed by atoms with Crippen molar-refractivity contribution in [2.75, 3.05) is 5.32 Å². The van der Waals surface area contributed by atoms with Crippen molar-refractivity contribution in [1.82, 2.24) is 4.98 Å². The molecule has 94 valence electrons. The Labute approximate surface area is 113 Å². The van der Waals surface area contributed by atoms with E-state index >= 15 is 0 Å². The van der Waals surface area contributed by atoms with E-state index in [1.807, 2.05) is 12.1 Å². The molecule has 0 fully saturated rings. The predicted octanol–water partition coefficient (Wildman–Crippen LogP) is 4.54. The molecule has 0 radical (unpaired) electrons. The third kappa shape index (κ3) is 3.23. The minimum atomic E-state index is 0.272. The van der Waals surface area contributed by atoms with Crippen LogP contribution in [0.5, 0.6) is 0 Å². The number of anilines is 1. The lowest BCUT2D eigenvalue weighted by Gasteiger charge is -2.23. The smallest absolute Gasteiger partial charge is 0.129 e. The lowest BCUT2D eigenvalue weighted by molar-refractivity contribution is 0.546. The highest BCUT2D eigenvalue weighted by Crippen LogP contribution is 2.26. The van der Waals surface area contributed by atoms with Gasteiger partial charge in [0.2, 0.25) is 0 Å². The average molecular weight is 261 g/mol. The third-order valence-corrected chi connectivity index (χ3v) is 3.10. The first-order chi connectivity index (χ1) is 8.66. The Bertz CT molecular complexity index is 480. The summed E-state index contributed by atoms with van der Waals surface area (Å²) in [5.41, 5.74) is 2.27. The van der Waals surface area contributed by atoms with Gasteiger partial charge in [0.1, 0.15) is 5.15 Å². The fourth-order valence-corrected chi connectivity index (χ4v) is 2.05. The quantitative estimate of drug-likeness (QED) is 0.816. The van der Waals surface area contributed by atoms with Gasteiger partial charge >= 0.3 is 0 Å². The van der Waals surface area contributed by atoms with Crippen molar-refractivity contribution in [3.05, 3.63) is 59.4 Å². The van der Waals surface area contributed by atoms with E-state index in [4.69, 9.17) is 11.6 Å². The van der Waals surface area contributed by atoms with Crippen LogP contribution in [0.1, 0.15) is 25.5 Å². The van der Waals surface area contributed by atoms with Gasteiger partial charge in [0.25, 0.3) is 0 Å². The standard InChI is InChI=1S/C15H17ClN2/c1-11(2)15(12-6-4-3-5-7-12)18-13-8-9-14(16)17-10-13/h3-11,15,18H,1-2H3. The van der Waals surface area contributed by atoms with Crippen molar-refractivity contribution in [2.24, 2.45) is 5.92 Å². The maximum absolute atomic E-state index is 5.79. The largest absolute Gasteiger partial charge is 0.377 e. The summed E-state index contributed by atoms with van der Waals surface area (Å²) in [5.74, 6) is 0.489. The second-order valence-corrected chi connectivity index (χ2v) is 5.03. The Balaban J connectivity index is 2.19. The van der Waals surface area contributed by atoms with Gasteiger partial charge in [0, 0.05) is 0 Å². The summed E-state index contributed by atoms with van der Waals surface area (Å²) in [5, 5.41) is 4.02. The van der Waals surface area contributed by atoms with E-state index < -0.39 is 0 Å². The summed E-state index contributed by atoms with van der Waals surface area (Å²) in [6, 6.07) is 14.5. The molecule has 0 aliphatic carbocycles. The van der Waals surface area contributed by atoms with Crippen molar-refractivity contribution >= 4 is 17.3 Å². The highest BCUT2D eigenvalue weighted by molar-refractivity contribution is 6.29. The molecule has 2 aromatic rings. The third-order valence-electron chi connectivity index (χ3n) is 2.87. The van der Waals surface area contributed by atoms with Gasteiger partial charge in [-0.05, 0) is 23.6 Å². The normalized spacial score (nSPS) is 12.4. The van der Waals surface area contributed by atoms with Crippen molar-refractivity contribution < 1.29 is 0 Å². The molecule has 1 atom stereocenters. The summed E-state index contributed by atoms with van der Waals surface area (Å²) < 4.78 is 0. The highest BCUT2D eigenvalue weighted by atomic mass is 35.5. The molecule has 0 bridgehead atoms. The number of nitrogens with zero attached hydrogens (tertiary/aromatic N) is 1. The Hall–Kier alpha value is -1.54. The summed E-state index contributed by atoms with van der Waals surface area (Å²) >= 11 is 5.79. The highest BCUT2D eigenvalue weighted by Gasteiger charge is 2.15. The molecule has 0 amide bonds. The van der Waals surface area contributed by atoms with Crippen LogP contribution >= 0.6 is 11.6 Å². The summed E-state index contributed by atoms with van der Waals surface area (Å²) in [6.45, 7) is 4.40. The Morgan fingerprint density at radius 1 is 1.06 bits per heavy atom. The molecule has 0 aliphatic rings. The summed E-state index contributed by atoms with van der Waals surface area (Å²) in [4.78, 5) is 4.09. The molecule has 0 spiro atoms. The van der Waals surface area contributed by atoms with Crippen molar-refractivity contribution in [3.63, 3.8) is 0 Å². The lowest BCUT2D eigenvalue weighted by Crippen LogP contribution is -2.16. The van der Waals surface area contributed by atoms with E-state index in [0.29, 0.717) is 11.1 Å². The topological polar surface area (TPSA) is 24.9 Å². The predicted molar refractivity (Wildman–Crippen MR) is 76.9 cm³/mol. The Kier molecular flexibility index (Phi) is 4.21. The van der Waals surface area contributed by atoms with Crippen LogP contribution in [0.4, 0.5) is 5.69 Å². The van der Waals surface area contributed by atoms with Crippen LogP contribution in [0.3, 0.4) is 0 Å². The number of nitrogens with one attached hydrogen (secondary N) is 1. The minimum Gasteiger partial charge on any atom is -0.377 e. The van der Waals surface area contributed by atoms with Gasteiger partial charge in [-0.2, -0.15) is 0 Å². The van der Waals surface area contributed by atoms with E-state index in [1.165, 1.54) is 5.56 Å². The van der Waals surface area contributed by atoms with Gasteiger partial charge in [-0.15, -0.1) is 0 Å². The van der Waals surface area contributed by atoms with Gasteiger partial charge < -0.3 is 5.32 Å². The van der Waals surface area contributed by atoms with Crippen LogP contribution in [-0.4, -0.2) is 4.98 Å². The fraction of sp³-hybridized carbons (Fsp3) is 0.267. The molecule has 0 aliphatic heterocycles. The Morgan fingerprint density at radius 2 is 1.78 bits per heavy atom. The minimum absolute atomic E-state index is 0.272. The number of pyridine rings is 1. The van der Waals surface area contributed by atoms with E-state index in [1.54, 1.807) is 12.3 Å². The second-order valence-electron chi connectivity index (χ2n) is 4.65. The zero-order valence-electron chi connectivity index (χ0n) is 10.6. The van der Waals surface area contributed by atoms with Crippen LogP contribution in [-0.2, 0) is 0 Å². The van der Waals surface area contributed by atoms with Gasteiger partial charge in [-0.25, -0.2) is 4.98 Å². The number of halogens is 1. The first-order valence-electron chi connectivity index (χ1n) is 6.10. The van der Waals surface area contributed by atoms with E-state index in [2.05, 4.69) is 48.4 Å². The molecule has 0 saturated heterocycles. The zero-order valence-corrected chi connectivity index (χ0v) is 11.4. The number of hydrogen-bond donors (Lipinski definition) is 1. The second kappa shape index (κ2) is 5.87. The molecule has 3 heteroatoms. The zero-order chi connectivity index (χ0) is 13.0. The molecule has 1 aromatic heterocycles. The van der Waals surface area contributed by atoms with Crippen LogP contribution < -0.4 is 5.32 Å². The Morgan fingerprint density at radius 3 is 2.33 bits per heavy atom. The molecule has 2 nitrogen and oxygen atoms in total. The lowest BCUT2D eigenvalue weighted by atomic mass is 9.96. The molecule has 1 heterocycles. The van der Waals surface area contributed by atoms with Crippen LogP contribution in [0.2, 0.25) is 5.15 Å². The van der Waals surface area contributed by atoms with Crippen LogP contribution in [0.15, 0.2) is 48.7 Å². The molecule has 1 aromatic carbocycles. The first-order valence-corrected chi connectivity index (χ1v) is 6.47. The number of aromatic nitrogens is 1. The van der Waals surface area contributed by atoms with E-state index in [0.717, 1.165) is 5.69 Å². The van der Waals surface area contributed by atoms with Gasteiger partial charge in [0.15, 0.2) is 0 Å².